The van der Waals surface area contributed by atoms with Gasteiger partial charge in [-0.2, -0.15) is 0 Å². The van der Waals surface area contributed by atoms with Crippen molar-refractivity contribution in [1.29, 1.82) is 0 Å². The Morgan fingerprint density at radius 1 is 0.867 bits per heavy atom. The van der Waals surface area contributed by atoms with Gasteiger partial charge < -0.3 is 14.8 Å². The Morgan fingerprint density at radius 2 is 1.67 bits per heavy atom. The summed E-state index contributed by atoms with van der Waals surface area (Å²) < 4.78 is 2.17. The van der Waals surface area contributed by atoms with Gasteiger partial charge in [0.15, 0.2) is 5.11 Å². The number of pyridine rings is 2. The number of hydrogen-bond donors (Lipinski definition) is 1. The van der Waals surface area contributed by atoms with Gasteiger partial charge in [-0.25, -0.2) is 0 Å². The minimum Gasteiger partial charge on any atom is -0.351 e. The second-order valence-electron chi connectivity index (χ2n) is 6.98. The summed E-state index contributed by atoms with van der Waals surface area (Å²) in [7, 11) is 0. The molecule has 1 saturated heterocycles. The first kappa shape index (κ1) is 18.8. The third kappa shape index (κ3) is 3.34. The van der Waals surface area contributed by atoms with E-state index in [9.17, 15) is 0 Å². The fourth-order valence-electron chi connectivity index (χ4n) is 3.91. The molecule has 5 rings (SSSR count). The van der Waals surface area contributed by atoms with Gasteiger partial charge in [-0.1, -0.05) is 17.7 Å². The Labute approximate surface area is 185 Å². The molecule has 0 saturated carbocycles. The smallest absolute Gasteiger partial charge is 0.174 e. The molecule has 1 aromatic carbocycles. The van der Waals surface area contributed by atoms with Crippen LogP contribution >= 0.6 is 23.8 Å². The topological polar surface area (TPSA) is 46.0 Å². The Kier molecular flexibility index (Phi) is 4.94. The molecule has 4 heterocycles. The van der Waals surface area contributed by atoms with Crippen molar-refractivity contribution in [2.75, 3.05) is 4.90 Å². The van der Waals surface area contributed by atoms with Crippen LogP contribution in [0.3, 0.4) is 0 Å². The number of halogens is 1. The third-order valence-corrected chi connectivity index (χ3v) is 5.79. The number of hydrogen-bond acceptors (Lipinski definition) is 3. The van der Waals surface area contributed by atoms with Crippen LogP contribution in [-0.4, -0.2) is 19.6 Å². The fourth-order valence-corrected chi connectivity index (χ4v) is 4.38. The molecule has 0 bridgehead atoms. The highest BCUT2D eigenvalue weighted by atomic mass is 35.5. The zero-order chi connectivity index (χ0) is 20.5. The van der Waals surface area contributed by atoms with Crippen molar-refractivity contribution in [2.24, 2.45) is 0 Å². The molecule has 5 nitrogen and oxygen atoms in total. The molecule has 0 spiro atoms. The van der Waals surface area contributed by atoms with Gasteiger partial charge in [0, 0.05) is 46.9 Å². The highest BCUT2D eigenvalue weighted by molar-refractivity contribution is 7.80. The van der Waals surface area contributed by atoms with Crippen molar-refractivity contribution in [3.8, 4) is 5.69 Å². The summed E-state index contributed by atoms with van der Waals surface area (Å²) in [6.07, 6.45) is 7.46. The Hall–Kier alpha value is -3.22. The Bertz CT molecular complexity index is 1160. The van der Waals surface area contributed by atoms with Crippen LogP contribution in [0.5, 0.6) is 0 Å². The minimum atomic E-state index is -0.107. The molecule has 7 heteroatoms. The van der Waals surface area contributed by atoms with Crippen LogP contribution in [0.15, 0.2) is 91.5 Å². The van der Waals surface area contributed by atoms with Gasteiger partial charge in [0.1, 0.15) is 6.04 Å². The van der Waals surface area contributed by atoms with E-state index in [-0.39, 0.29) is 12.1 Å². The molecule has 1 fully saturated rings. The lowest BCUT2D eigenvalue weighted by Gasteiger charge is -2.29. The van der Waals surface area contributed by atoms with E-state index in [0.717, 1.165) is 22.8 Å². The quantitative estimate of drug-likeness (QED) is 0.455. The SMILES string of the molecule is S=C1N[C@H](c2ccccn2)[C@@H](c2cccn2-c2ccncc2)N1c1ccc(Cl)cc1. The summed E-state index contributed by atoms with van der Waals surface area (Å²) in [6.45, 7) is 0. The summed E-state index contributed by atoms with van der Waals surface area (Å²) in [5.74, 6) is 0. The van der Waals surface area contributed by atoms with E-state index >= 15 is 0 Å². The average Bonchev–Trinajstić information content (AvgIpc) is 3.40. The van der Waals surface area contributed by atoms with Crippen LogP contribution in [0.25, 0.3) is 5.69 Å². The van der Waals surface area contributed by atoms with Gasteiger partial charge in [-0.3, -0.25) is 9.97 Å². The molecule has 0 amide bonds. The van der Waals surface area contributed by atoms with E-state index in [1.165, 1.54) is 0 Å². The number of rotatable bonds is 4. The van der Waals surface area contributed by atoms with Crippen molar-refractivity contribution in [3.63, 3.8) is 0 Å². The zero-order valence-corrected chi connectivity index (χ0v) is 17.5. The van der Waals surface area contributed by atoms with E-state index in [2.05, 4.69) is 37.0 Å². The summed E-state index contributed by atoms with van der Waals surface area (Å²) in [6, 6.07) is 21.6. The van der Waals surface area contributed by atoms with E-state index in [1.54, 1.807) is 12.4 Å². The lowest BCUT2D eigenvalue weighted by molar-refractivity contribution is 0.549. The molecular formula is C23H18ClN5S. The van der Waals surface area contributed by atoms with Gasteiger partial charge in [0.2, 0.25) is 0 Å². The van der Waals surface area contributed by atoms with Crippen LogP contribution < -0.4 is 10.2 Å². The highest BCUT2D eigenvalue weighted by Crippen LogP contribution is 2.42. The summed E-state index contributed by atoms with van der Waals surface area (Å²) in [5.41, 5.74) is 4.05. The maximum Gasteiger partial charge on any atom is 0.174 e. The monoisotopic (exact) mass is 431 g/mol. The first-order chi connectivity index (χ1) is 14.7. The van der Waals surface area contributed by atoms with Crippen molar-refractivity contribution in [3.05, 3.63) is 108 Å². The molecule has 1 N–H and O–H groups in total. The number of anilines is 1. The molecule has 30 heavy (non-hydrogen) atoms. The summed E-state index contributed by atoms with van der Waals surface area (Å²) >= 11 is 11.9. The van der Waals surface area contributed by atoms with Crippen LogP contribution in [0.1, 0.15) is 23.5 Å². The van der Waals surface area contributed by atoms with Gasteiger partial charge in [-0.15, -0.1) is 0 Å². The maximum atomic E-state index is 6.13. The molecule has 148 valence electrons. The Morgan fingerprint density at radius 3 is 2.40 bits per heavy atom. The van der Waals surface area contributed by atoms with Gasteiger partial charge >= 0.3 is 0 Å². The molecule has 1 aliphatic heterocycles. The van der Waals surface area contributed by atoms with E-state index in [4.69, 9.17) is 23.8 Å². The molecule has 0 unspecified atom stereocenters. The van der Waals surface area contributed by atoms with Crippen LogP contribution in [-0.2, 0) is 0 Å². The number of aromatic nitrogens is 3. The van der Waals surface area contributed by atoms with Gasteiger partial charge in [0.05, 0.1) is 11.7 Å². The van der Waals surface area contributed by atoms with E-state index < -0.39 is 0 Å². The average molecular weight is 432 g/mol. The lowest BCUT2D eigenvalue weighted by atomic mass is 10.0. The Balaban J connectivity index is 1.67. The second-order valence-corrected chi connectivity index (χ2v) is 7.80. The first-order valence-electron chi connectivity index (χ1n) is 9.56. The number of nitrogens with one attached hydrogen (secondary N) is 1. The summed E-state index contributed by atoms with van der Waals surface area (Å²) in [4.78, 5) is 10.9. The number of thiocarbonyl (C=S) groups is 1. The fraction of sp³-hybridized carbons (Fsp3) is 0.0870. The number of nitrogens with zero attached hydrogens (tertiary/aromatic N) is 4. The molecule has 2 atom stereocenters. The van der Waals surface area contributed by atoms with Gasteiger partial charge in [0.25, 0.3) is 0 Å². The largest absolute Gasteiger partial charge is 0.351 e. The van der Waals surface area contributed by atoms with E-state index in [1.807, 2.05) is 66.9 Å². The number of benzene rings is 1. The predicted molar refractivity (Wildman–Crippen MR) is 123 cm³/mol. The normalized spacial score (nSPS) is 18.4. The van der Waals surface area contributed by atoms with Crippen molar-refractivity contribution >= 4 is 34.6 Å². The minimum absolute atomic E-state index is 0.100. The van der Waals surface area contributed by atoms with Crippen LogP contribution in [0.4, 0.5) is 5.69 Å². The molecule has 0 aliphatic carbocycles. The molecule has 0 radical (unpaired) electrons. The molecule has 4 aromatic rings. The molecular weight excluding hydrogens is 414 g/mol. The van der Waals surface area contributed by atoms with Crippen molar-refractivity contribution < 1.29 is 0 Å². The summed E-state index contributed by atoms with van der Waals surface area (Å²) in [5, 5.41) is 4.83. The predicted octanol–water partition coefficient (Wildman–Crippen LogP) is 5.10. The standard InChI is InChI=1S/C23H18ClN5S/c24-16-6-8-18(9-7-16)29-22(21(27-23(29)30)19-4-1-2-12-26-19)20-5-3-15-28(20)17-10-13-25-14-11-17/h1-15,21-22H,(H,27,30)/t21-,22-/m1/s1. The highest BCUT2D eigenvalue weighted by Gasteiger charge is 2.42. The zero-order valence-electron chi connectivity index (χ0n) is 15.9. The lowest BCUT2D eigenvalue weighted by Crippen LogP contribution is -2.30. The van der Waals surface area contributed by atoms with Gasteiger partial charge in [-0.05, 0) is 72.9 Å². The van der Waals surface area contributed by atoms with Crippen LogP contribution in [0, 0.1) is 0 Å². The van der Waals surface area contributed by atoms with E-state index in [0.29, 0.717) is 10.1 Å². The molecule has 1 aliphatic rings. The van der Waals surface area contributed by atoms with Crippen molar-refractivity contribution in [2.45, 2.75) is 12.1 Å². The maximum absolute atomic E-state index is 6.13. The van der Waals surface area contributed by atoms with Crippen LogP contribution in [0.2, 0.25) is 5.02 Å². The van der Waals surface area contributed by atoms with Crippen molar-refractivity contribution in [1.82, 2.24) is 19.9 Å². The first-order valence-corrected chi connectivity index (χ1v) is 10.3. The third-order valence-electron chi connectivity index (χ3n) is 5.23. The second kappa shape index (κ2) is 7.89. The molecule has 3 aromatic heterocycles.